The molecule has 0 aromatic heterocycles. The molecule has 1 unspecified atom stereocenters. The van der Waals surface area contributed by atoms with Gasteiger partial charge in [-0.05, 0) is 19.1 Å². The monoisotopic (exact) mass is 287 g/mol. The minimum Gasteiger partial charge on any atom is -0.396 e. The van der Waals surface area contributed by atoms with Crippen LogP contribution >= 0.6 is 8.25 Å². The van der Waals surface area contributed by atoms with Gasteiger partial charge >= 0.3 is 8.25 Å². The summed E-state index contributed by atoms with van der Waals surface area (Å²) in [5.74, 6) is 0. The molecule has 0 amide bonds. The van der Waals surface area contributed by atoms with E-state index in [1.807, 2.05) is 0 Å². The zero-order valence-electron chi connectivity index (χ0n) is 10.7. The van der Waals surface area contributed by atoms with Gasteiger partial charge in [-0.25, -0.2) is 0 Å². The third-order valence-corrected chi connectivity index (χ3v) is 2.66. The van der Waals surface area contributed by atoms with Crippen molar-refractivity contribution in [3.8, 4) is 0 Å². The van der Waals surface area contributed by atoms with Crippen molar-refractivity contribution < 1.29 is 33.9 Å². The lowest BCUT2D eigenvalue weighted by atomic mass is 10.1. The zero-order chi connectivity index (χ0) is 14.0. The van der Waals surface area contributed by atoms with E-state index in [9.17, 15) is 4.57 Å². The number of nitrogens with zero attached hydrogens (tertiary/aromatic N) is 1. The first kappa shape index (κ1) is 17.9. The Kier molecular flexibility index (Phi) is 9.80. The Morgan fingerprint density at radius 1 is 1.11 bits per heavy atom. The van der Waals surface area contributed by atoms with Crippen LogP contribution in [0.15, 0.2) is 0 Å². The Labute approximate surface area is 107 Å². The van der Waals surface area contributed by atoms with Crippen LogP contribution in [0.1, 0.15) is 26.7 Å². The van der Waals surface area contributed by atoms with Crippen LogP contribution in [0.4, 0.5) is 0 Å². The Hall–Kier alpha value is -0.0500. The molecule has 8 nitrogen and oxygen atoms in total. The molecular formula is C9H22NO7P. The first-order chi connectivity index (χ1) is 8.56. The Morgan fingerprint density at radius 3 is 1.83 bits per heavy atom. The fourth-order valence-electron chi connectivity index (χ4n) is 1.47. The number of aliphatic hydroxyl groups excluding tert-OH is 2. The average molecular weight is 287 g/mol. The Bertz CT molecular complexity index is 229. The molecule has 0 aliphatic rings. The summed E-state index contributed by atoms with van der Waals surface area (Å²) in [5, 5.41) is 19.1. The van der Waals surface area contributed by atoms with Gasteiger partial charge in [0, 0.05) is 26.1 Å². The van der Waals surface area contributed by atoms with E-state index in [0.29, 0.717) is 0 Å². The number of rotatable bonds is 11. The molecule has 0 aliphatic carbocycles. The summed E-state index contributed by atoms with van der Waals surface area (Å²) in [6.07, 6.45) is -0.0744. The quantitative estimate of drug-likeness (QED) is 0.278. The number of hydrogen-bond acceptors (Lipinski definition) is 7. The van der Waals surface area contributed by atoms with Gasteiger partial charge in [-0.15, -0.1) is 0 Å². The molecule has 0 aliphatic heterocycles. The molecule has 110 valence electrons. The maximum Gasteiger partial charge on any atom is 0.318 e. The van der Waals surface area contributed by atoms with Gasteiger partial charge in [0.05, 0.1) is 13.2 Å². The lowest BCUT2D eigenvalue weighted by Gasteiger charge is -2.39. The molecule has 0 saturated carbocycles. The van der Waals surface area contributed by atoms with Crippen LogP contribution in [-0.2, 0) is 18.8 Å². The topological polar surface area (TPSA) is 109 Å². The molecule has 1 atom stereocenters. The summed E-state index contributed by atoms with van der Waals surface area (Å²) < 4.78 is 15.9. The molecule has 0 radical (unpaired) electrons. The van der Waals surface area contributed by atoms with Gasteiger partial charge in [0.15, 0.2) is 5.72 Å². The number of aliphatic hydroxyl groups is 2. The largest absolute Gasteiger partial charge is 0.396 e. The smallest absolute Gasteiger partial charge is 0.318 e. The van der Waals surface area contributed by atoms with Crippen molar-refractivity contribution in [3.63, 3.8) is 0 Å². The van der Waals surface area contributed by atoms with Gasteiger partial charge in [0.2, 0.25) is 0 Å². The molecule has 0 saturated heterocycles. The van der Waals surface area contributed by atoms with Gasteiger partial charge in [0.1, 0.15) is 0 Å². The van der Waals surface area contributed by atoms with E-state index in [-0.39, 0.29) is 39.3 Å². The SMILES string of the molecule is CCON(OCC)C(CCO)(CCO)O[PH](=O)O. The van der Waals surface area contributed by atoms with E-state index >= 15 is 0 Å². The third-order valence-electron chi connectivity index (χ3n) is 2.11. The second-order valence-corrected chi connectivity index (χ2v) is 4.09. The number of hydrogen-bond donors (Lipinski definition) is 3. The first-order valence-electron chi connectivity index (χ1n) is 5.76. The van der Waals surface area contributed by atoms with E-state index in [4.69, 9.17) is 29.3 Å². The fourth-order valence-corrected chi connectivity index (χ4v) is 2.07. The summed E-state index contributed by atoms with van der Waals surface area (Å²) in [4.78, 5) is 19.3. The number of hydroxylamine groups is 2. The fraction of sp³-hybridized carbons (Fsp3) is 1.00. The second-order valence-electron chi connectivity index (χ2n) is 3.35. The molecule has 0 aromatic rings. The lowest BCUT2D eigenvalue weighted by Crippen LogP contribution is -2.51. The van der Waals surface area contributed by atoms with Crippen LogP contribution in [-0.4, -0.2) is 52.5 Å². The summed E-state index contributed by atoms with van der Waals surface area (Å²) in [6.45, 7) is 3.27. The second kappa shape index (κ2) is 9.82. The van der Waals surface area contributed by atoms with E-state index in [0.717, 1.165) is 5.23 Å². The van der Waals surface area contributed by atoms with E-state index in [1.54, 1.807) is 13.8 Å². The molecule has 0 fully saturated rings. The van der Waals surface area contributed by atoms with Crippen LogP contribution in [0.3, 0.4) is 0 Å². The molecule has 0 spiro atoms. The van der Waals surface area contributed by atoms with Crippen LogP contribution < -0.4 is 0 Å². The highest BCUT2D eigenvalue weighted by Crippen LogP contribution is 2.35. The Balaban J connectivity index is 5.09. The summed E-state index contributed by atoms with van der Waals surface area (Å²) in [7, 11) is -3.29. The maximum atomic E-state index is 10.9. The average Bonchev–Trinajstić information content (AvgIpc) is 2.28. The van der Waals surface area contributed by atoms with Crippen molar-refractivity contribution in [1.82, 2.24) is 5.23 Å². The van der Waals surface area contributed by atoms with Gasteiger partial charge in [-0.1, -0.05) is 0 Å². The van der Waals surface area contributed by atoms with Crippen LogP contribution in [0.5, 0.6) is 0 Å². The molecule has 9 heteroatoms. The molecule has 0 bridgehead atoms. The van der Waals surface area contributed by atoms with E-state index < -0.39 is 14.0 Å². The molecular weight excluding hydrogens is 265 g/mol. The molecule has 0 rings (SSSR count). The summed E-state index contributed by atoms with van der Waals surface area (Å²) in [5.41, 5.74) is -1.49. The van der Waals surface area contributed by atoms with E-state index in [1.165, 1.54) is 0 Å². The predicted molar refractivity (Wildman–Crippen MR) is 63.5 cm³/mol. The van der Waals surface area contributed by atoms with Crippen molar-refractivity contribution in [3.05, 3.63) is 0 Å². The predicted octanol–water partition coefficient (Wildman–Crippen LogP) is 0.0511. The minimum absolute atomic E-state index is 0.0372. The van der Waals surface area contributed by atoms with Crippen molar-refractivity contribution in [2.24, 2.45) is 0 Å². The highest BCUT2D eigenvalue weighted by Gasteiger charge is 2.41. The van der Waals surface area contributed by atoms with Gasteiger partial charge in [-0.2, -0.15) is 0 Å². The summed E-state index contributed by atoms with van der Waals surface area (Å²) in [6, 6.07) is 0. The van der Waals surface area contributed by atoms with Crippen LogP contribution in [0.25, 0.3) is 0 Å². The van der Waals surface area contributed by atoms with Crippen molar-refractivity contribution in [2.75, 3.05) is 26.4 Å². The van der Waals surface area contributed by atoms with Gasteiger partial charge < -0.3 is 15.1 Å². The normalized spacial score (nSPS) is 14.1. The Morgan fingerprint density at radius 2 is 1.56 bits per heavy atom. The molecule has 3 N–H and O–H groups in total. The highest BCUT2D eigenvalue weighted by molar-refractivity contribution is 7.32. The first-order valence-corrected chi connectivity index (χ1v) is 7.02. The molecule has 0 heterocycles. The standard InChI is InChI=1S/C9H22NO7P/c1-3-15-10(16-4-2)9(5-7-11,6-8-12)17-18(13)14/h11-12,18H,3-8H2,1-2H3,(H,13,14). The highest BCUT2D eigenvalue weighted by atomic mass is 31.1. The minimum atomic E-state index is -3.29. The van der Waals surface area contributed by atoms with Crippen LogP contribution in [0, 0.1) is 0 Å². The van der Waals surface area contributed by atoms with E-state index in [2.05, 4.69) is 0 Å². The van der Waals surface area contributed by atoms with Gasteiger partial charge in [0.25, 0.3) is 0 Å². The summed E-state index contributed by atoms with van der Waals surface area (Å²) >= 11 is 0. The van der Waals surface area contributed by atoms with Crippen molar-refractivity contribution >= 4 is 8.25 Å². The third kappa shape index (κ3) is 5.73. The van der Waals surface area contributed by atoms with Crippen LogP contribution in [0.2, 0.25) is 0 Å². The molecule has 0 aromatic carbocycles. The maximum absolute atomic E-state index is 10.9. The van der Waals surface area contributed by atoms with Crippen molar-refractivity contribution in [2.45, 2.75) is 32.4 Å². The molecule has 18 heavy (non-hydrogen) atoms. The van der Waals surface area contributed by atoms with Gasteiger partial charge in [-0.3, -0.25) is 18.8 Å². The zero-order valence-corrected chi connectivity index (χ0v) is 11.7. The lowest BCUT2D eigenvalue weighted by molar-refractivity contribution is -0.448. The van der Waals surface area contributed by atoms with Crippen molar-refractivity contribution in [1.29, 1.82) is 0 Å².